The van der Waals surface area contributed by atoms with Gasteiger partial charge in [0.05, 0.1) is 10.2 Å². The molecule has 0 saturated carbocycles. The molecule has 3 nitrogen and oxygen atoms in total. The normalized spacial score (nSPS) is 10.7. The van der Waals surface area contributed by atoms with E-state index in [1.807, 2.05) is 19.2 Å². The molecule has 2 aromatic rings. The number of fused-ring (bicyclic) bond motifs is 1. The van der Waals surface area contributed by atoms with Gasteiger partial charge in [-0.25, -0.2) is 9.50 Å². The molecule has 2 aromatic heterocycles. The molecular formula is C7H6BrN3. The second-order valence-corrected chi connectivity index (χ2v) is 3.08. The maximum atomic E-state index is 4.22. The molecule has 0 radical (unpaired) electrons. The van der Waals surface area contributed by atoms with Crippen molar-refractivity contribution in [3.05, 3.63) is 28.6 Å². The van der Waals surface area contributed by atoms with Crippen molar-refractivity contribution >= 4 is 21.6 Å². The van der Waals surface area contributed by atoms with Gasteiger partial charge in [-0.3, -0.25) is 0 Å². The lowest BCUT2D eigenvalue weighted by Gasteiger charge is -1.87. The van der Waals surface area contributed by atoms with Gasteiger partial charge < -0.3 is 0 Å². The van der Waals surface area contributed by atoms with E-state index in [4.69, 9.17) is 0 Å². The number of hydrogen-bond donors (Lipinski definition) is 0. The molecule has 0 unspecified atom stereocenters. The summed E-state index contributed by atoms with van der Waals surface area (Å²) in [5.74, 6) is 0. The molecule has 0 saturated heterocycles. The summed E-state index contributed by atoms with van der Waals surface area (Å²) in [5, 5.41) is 4.22. The second kappa shape index (κ2) is 2.30. The maximum absolute atomic E-state index is 4.22. The lowest BCUT2D eigenvalue weighted by Crippen LogP contribution is -1.86. The highest BCUT2D eigenvalue weighted by atomic mass is 79.9. The Bertz CT molecular complexity index is 393. The van der Waals surface area contributed by atoms with Gasteiger partial charge in [0.25, 0.3) is 0 Å². The van der Waals surface area contributed by atoms with Gasteiger partial charge in [0.15, 0.2) is 5.65 Å². The van der Waals surface area contributed by atoms with Crippen LogP contribution in [0.15, 0.2) is 22.9 Å². The minimum atomic E-state index is 0.866. The van der Waals surface area contributed by atoms with E-state index in [1.165, 1.54) is 0 Å². The van der Waals surface area contributed by atoms with Gasteiger partial charge in [-0.1, -0.05) is 0 Å². The Hall–Kier alpha value is -0.900. The van der Waals surface area contributed by atoms with Crippen molar-refractivity contribution in [2.75, 3.05) is 0 Å². The van der Waals surface area contributed by atoms with Gasteiger partial charge in [-0.15, -0.1) is 0 Å². The highest BCUT2D eigenvalue weighted by Gasteiger charge is 2.04. The molecule has 0 amide bonds. The van der Waals surface area contributed by atoms with Gasteiger partial charge in [0.2, 0.25) is 0 Å². The molecule has 0 aliphatic carbocycles. The third-order valence-electron chi connectivity index (χ3n) is 1.50. The Labute approximate surface area is 72.2 Å². The predicted octanol–water partition coefficient (Wildman–Crippen LogP) is 1.80. The second-order valence-electron chi connectivity index (χ2n) is 2.29. The lowest BCUT2D eigenvalue weighted by atomic mass is 10.5. The molecule has 2 heterocycles. The van der Waals surface area contributed by atoms with Gasteiger partial charge in [0, 0.05) is 12.4 Å². The molecule has 4 heteroatoms. The van der Waals surface area contributed by atoms with Crippen molar-refractivity contribution < 1.29 is 0 Å². The summed E-state index contributed by atoms with van der Waals surface area (Å²) in [5.41, 5.74) is 1.83. The summed E-state index contributed by atoms with van der Waals surface area (Å²) < 4.78 is 2.72. The van der Waals surface area contributed by atoms with Crippen LogP contribution >= 0.6 is 15.9 Å². The highest BCUT2D eigenvalue weighted by Crippen LogP contribution is 2.18. The maximum Gasteiger partial charge on any atom is 0.169 e. The molecule has 11 heavy (non-hydrogen) atoms. The topological polar surface area (TPSA) is 30.2 Å². The van der Waals surface area contributed by atoms with Crippen LogP contribution in [0.5, 0.6) is 0 Å². The fourth-order valence-corrected chi connectivity index (χ4v) is 1.33. The monoisotopic (exact) mass is 211 g/mol. The summed E-state index contributed by atoms with van der Waals surface area (Å²) in [6.07, 6.45) is 3.63. The predicted molar refractivity (Wildman–Crippen MR) is 45.4 cm³/mol. The largest absolute Gasteiger partial charge is 0.236 e. The fourth-order valence-electron chi connectivity index (χ4n) is 0.969. The van der Waals surface area contributed by atoms with Gasteiger partial charge in [-0.05, 0) is 28.9 Å². The number of halogens is 1. The van der Waals surface area contributed by atoms with Crippen LogP contribution in [0.25, 0.3) is 5.65 Å². The van der Waals surface area contributed by atoms with E-state index < -0.39 is 0 Å². The molecular weight excluding hydrogens is 206 g/mol. The minimum absolute atomic E-state index is 0.866. The van der Waals surface area contributed by atoms with E-state index in [0.29, 0.717) is 0 Å². The SMILES string of the molecule is Cc1nn2cccnc2c1Br. The van der Waals surface area contributed by atoms with E-state index in [9.17, 15) is 0 Å². The summed E-state index contributed by atoms with van der Waals surface area (Å²) in [4.78, 5) is 4.16. The third kappa shape index (κ3) is 0.939. The molecule has 0 aliphatic heterocycles. The molecule has 0 aromatic carbocycles. The Morgan fingerprint density at radius 2 is 2.36 bits per heavy atom. The van der Waals surface area contributed by atoms with Crippen molar-refractivity contribution in [1.82, 2.24) is 14.6 Å². The summed E-state index contributed by atoms with van der Waals surface area (Å²) in [7, 11) is 0. The van der Waals surface area contributed by atoms with Gasteiger partial charge in [0.1, 0.15) is 0 Å². The van der Waals surface area contributed by atoms with Crippen LogP contribution in [0.4, 0.5) is 0 Å². The van der Waals surface area contributed by atoms with E-state index >= 15 is 0 Å². The van der Waals surface area contributed by atoms with Crippen LogP contribution in [-0.2, 0) is 0 Å². The first-order valence-electron chi connectivity index (χ1n) is 3.24. The van der Waals surface area contributed by atoms with E-state index in [-0.39, 0.29) is 0 Å². The van der Waals surface area contributed by atoms with Crippen molar-refractivity contribution in [2.45, 2.75) is 6.92 Å². The summed E-state index contributed by atoms with van der Waals surface area (Å²) in [6.45, 7) is 1.94. The number of rotatable bonds is 0. The van der Waals surface area contributed by atoms with Crippen molar-refractivity contribution in [2.24, 2.45) is 0 Å². The Kier molecular flexibility index (Phi) is 1.42. The zero-order chi connectivity index (χ0) is 7.84. The van der Waals surface area contributed by atoms with Crippen LogP contribution < -0.4 is 0 Å². The molecule has 2 rings (SSSR count). The molecule has 0 bridgehead atoms. The molecule has 0 aliphatic rings. The van der Waals surface area contributed by atoms with Crippen molar-refractivity contribution in [3.63, 3.8) is 0 Å². The highest BCUT2D eigenvalue weighted by molar-refractivity contribution is 9.10. The minimum Gasteiger partial charge on any atom is -0.236 e. The first-order valence-corrected chi connectivity index (χ1v) is 4.04. The fraction of sp³-hybridized carbons (Fsp3) is 0.143. The van der Waals surface area contributed by atoms with E-state index in [2.05, 4.69) is 26.0 Å². The lowest BCUT2D eigenvalue weighted by molar-refractivity contribution is 0.917. The average molecular weight is 212 g/mol. The first kappa shape index (κ1) is 6.79. The van der Waals surface area contributed by atoms with Crippen molar-refractivity contribution in [3.8, 4) is 0 Å². The van der Waals surface area contributed by atoms with Crippen LogP contribution in [0, 0.1) is 6.92 Å². The molecule has 0 fully saturated rings. The smallest absolute Gasteiger partial charge is 0.169 e. The number of aryl methyl sites for hydroxylation is 1. The molecule has 56 valence electrons. The molecule has 0 spiro atoms. The average Bonchev–Trinajstić information content (AvgIpc) is 2.30. The third-order valence-corrected chi connectivity index (χ3v) is 2.43. The number of hydrogen-bond acceptors (Lipinski definition) is 2. The van der Waals surface area contributed by atoms with Gasteiger partial charge >= 0.3 is 0 Å². The van der Waals surface area contributed by atoms with Crippen LogP contribution in [0.1, 0.15) is 5.69 Å². The van der Waals surface area contributed by atoms with E-state index in [0.717, 1.165) is 15.8 Å². The number of aromatic nitrogens is 3. The standard InChI is InChI=1S/C7H6BrN3/c1-5-6(8)7-9-3-2-4-11(7)10-5/h2-4H,1H3. The zero-order valence-corrected chi connectivity index (χ0v) is 7.54. The van der Waals surface area contributed by atoms with Crippen LogP contribution in [0.3, 0.4) is 0 Å². The number of nitrogens with zero attached hydrogens (tertiary/aromatic N) is 3. The zero-order valence-electron chi connectivity index (χ0n) is 5.95. The quantitative estimate of drug-likeness (QED) is 0.666. The molecule has 0 atom stereocenters. The molecule has 0 N–H and O–H groups in total. The van der Waals surface area contributed by atoms with E-state index in [1.54, 1.807) is 10.7 Å². The first-order chi connectivity index (χ1) is 5.29. The van der Waals surface area contributed by atoms with Crippen LogP contribution in [-0.4, -0.2) is 14.6 Å². The summed E-state index contributed by atoms with van der Waals surface area (Å²) in [6, 6.07) is 1.85. The van der Waals surface area contributed by atoms with Gasteiger partial charge in [-0.2, -0.15) is 5.10 Å². The summed E-state index contributed by atoms with van der Waals surface area (Å²) >= 11 is 3.40. The van der Waals surface area contributed by atoms with Crippen LogP contribution in [0.2, 0.25) is 0 Å². The Morgan fingerprint density at radius 3 is 3.09 bits per heavy atom. The Balaban J connectivity index is 2.92. The Morgan fingerprint density at radius 1 is 1.55 bits per heavy atom. The van der Waals surface area contributed by atoms with Crippen molar-refractivity contribution in [1.29, 1.82) is 0 Å².